The minimum atomic E-state index is -0.429. The first-order valence-electron chi connectivity index (χ1n) is 13.2. The highest BCUT2D eigenvalue weighted by atomic mass is 16.5. The second kappa shape index (κ2) is 10.4. The first-order chi connectivity index (χ1) is 18.3. The summed E-state index contributed by atoms with van der Waals surface area (Å²) in [5.74, 6) is 1.66. The number of pyridine rings is 1. The van der Waals surface area contributed by atoms with Crippen LogP contribution in [0.2, 0.25) is 0 Å². The van der Waals surface area contributed by atoms with E-state index in [1.165, 1.54) is 0 Å². The minimum absolute atomic E-state index is 0.156. The zero-order valence-electron chi connectivity index (χ0n) is 22.4. The molecule has 0 spiro atoms. The molecule has 200 valence electrons. The van der Waals surface area contributed by atoms with Crippen molar-refractivity contribution < 1.29 is 9.84 Å². The van der Waals surface area contributed by atoms with E-state index >= 15 is 0 Å². The van der Waals surface area contributed by atoms with Crippen molar-refractivity contribution in [1.82, 2.24) is 30.1 Å². The number of aromatic nitrogens is 5. The number of piperazine rings is 1. The molecule has 0 saturated carbocycles. The van der Waals surface area contributed by atoms with Crippen LogP contribution in [0.5, 0.6) is 11.5 Å². The monoisotopic (exact) mass is 517 g/mol. The van der Waals surface area contributed by atoms with Crippen molar-refractivity contribution in [1.29, 1.82) is 0 Å². The van der Waals surface area contributed by atoms with E-state index in [0.29, 0.717) is 31.1 Å². The first kappa shape index (κ1) is 25.7. The molecule has 3 heterocycles. The highest BCUT2D eigenvalue weighted by molar-refractivity contribution is 5.80. The molecule has 1 unspecified atom stereocenters. The van der Waals surface area contributed by atoms with Gasteiger partial charge in [-0.3, -0.25) is 9.69 Å². The summed E-state index contributed by atoms with van der Waals surface area (Å²) >= 11 is 0. The quantitative estimate of drug-likeness (QED) is 0.364. The second-order valence-corrected chi connectivity index (χ2v) is 10.3. The smallest absolute Gasteiger partial charge is 0.253 e. The molecule has 0 amide bonds. The van der Waals surface area contributed by atoms with Gasteiger partial charge in [0.1, 0.15) is 17.5 Å². The number of benzene rings is 2. The van der Waals surface area contributed by atoms with E-state index in [1.807, 2.05) is 48.0 Å². The third-order valence-corrected chi connectivity index (χ3v) is 7.52. The number of anilines is 1. The fourth-order valence-corrected chi connectivity index (χ4v) is 5.01. The summed E-state index contributed by atoms with van der Waals surface area (Å²) in [6.45, 7) is 11.8. The van der Waals surface area contributed by atoms with Gasteiger partial charge < -0.3 is 19.7 Å². The SMILES string of the molecule is CCOc1ccc2[nH]c(=O)c(C(c3nnnn3C(C)(C)CC)N3CCN(c4ccc(O)cc4)CC3)cc2c1. The van der Waals surface area contributed by atoms with Crippen LogP contribution in [0.1, 0.15) is 51.5 Å². The van der Waals surface area contributed by atoms with Crippen LogP contribution < -0.4 is 15.2 Å². The standard InChI is InChI=1S/C28H35N7O3/c1-5-28(3,4)35-26(30-31-32-35)25(34-15-13-33(14-16-34)20-7-9-21(36)10-8-20)23-18-19-17-22(38-6-2)11-12-24(19)29-27(23)37/h7-12,17-18,25,36H,5-6,13-16H2,1-4H3,(H,29,37). The Morgan fingerprint density at radius 2 is 1.79 bits per heavy atom. The van der Waals surface area contributed by atoms with Crippen LogP contribution in [-0.4, -0.2) is 68.0 Å². The van der Waals surface area contributed by atoms with Gasteiger partial charge in [-0.05, 0) is 86.1 Å². The first-order valence-corrected chi connectivity index (χ1v) is 13.2. The predicted octanol–water partition coefficient (Wildman–Crippen LogP) is 3.68. The van der Waals surface area contributed by atoms with Crippen LogP contribution in [0.4, 0.5) is 5.69 Å². The van der Waals surface area contributed by atoms with Gasteiger partial charge in [-0.25, -0.2) is 4.68 Å². The normalized spacial score (nSPS) is 15.6. The molecule has 0 bridgehead atoms. The predicted molar refractivity (Wildman–Crippen MR) is 147 cm³/mol. The molecule has 2 aromatic heterocycles. The molecule has 1 saturated heterocycles. The molecule has 1 aliphatic heterocycles. The van der Waals surface area contributed by atoms with Crippen molar-refractivity contribution in [3.05, 3.63) is 70.3 Å². The number of phenols is 1. The summed E-state index contributed by atoms with van der Waals surface area (Å²) in [4.78, 5) is 21.2. The Morgan fingerprint density at radius 1 is 1.05 bits per heavy atom. The Bertz CT molecular complexity index is 1450. The fraction of sp³-hybridized carbons (Fsp3) is 0.429. The summed E-state index contributed by atoms with van der Waals surface area (Å²) < 4.78 is 7.58. The molecule has 10 heteroatoms. The third kappa shape index (κ3) is 4.96. The summed E-state index contributed by atoms with van der Waals surface area (Å²) in [7, 11) is 0. The van der Waals surface area contributed by atoms with Crippen molar-refractivity contribution in [2.45, 2.75) is 45.7 Å². The molecule has 1 fully saturated rings. The van der Waals surface area contributed by atoms with Crippen LogP contribution in [0.15, 0.2) is 53.3 Å². The average Bonchev–Trinajstić information content (AvgIpc) is 3.41. The summed E-state index contributed by atoms with van der Waals surface area (Å²) in [6, 6.07) is 14.5. The molecule has 5 rings (SSSR count). The molecular formula is C28H35N7O3. The maximum atomic E-state index is 13.5. The highest BCUT2D eigenvalue weighted by Crippen LogP contribution is 2.32. The number of hydrogen-bond acceptors (Lipinski definition) is 8. The molecule has 2 N–H and O–H groups in total. The van der Waals surface area contributed by atoms with Gasteiger partial charge in [-0.2, -0.15) is 0 Å². The van der Waals surface area contributed by atoms with Crippen LogP contribution in [-0.2, 0) is 5.54 Å². The Hall–Kier alpha value is -3.92. The van der Waals surface area contributed by atoms with Crippen molar-refractivity contribution in [3.63, 3.8) is 0 Å². The maximum absolute atomic E-state index is 13.5. The molecule has 1 atom stereocenters. The Kier molecular flexibility index (Phi) is 7.07. The molecule has 0 radical (unpaired) electrons. The average molecular weight is 518 g/mol. The van der Waals surface area contributed by atoms with Gasteiger partial charge in [0.2, 0.25) is 0 Å². The van der Waals surface area contributed by atoms with Gasteiger partial charge in [0.15, 0.2) is 5.82 Å². The van der Waals surface area contributed by atoms with Gasteiger partial charge >= 0.3 is 0 Å². The van der Waals surface area contributed by atoms with Crippen molar-refractivity contribution >= 4 is 16.6 Å². The van der Waals surface area contributed by atoms with Crippen LogP contribution in [0, 0.1) is 0 Å². The van der Waals surface area contributed by atoms with Crippen molar-refractivity contribution in [3.8, 4) is 11.5 Å². The Labute approximate surface area is 221 Å². The third-order valence-electron chi connectivity index (χ3n) is 7.52. The second-order valence-electron chi connectivity index (χ2n) is 10.3. The Morgan fingerprint density at radius 3 is 2.47 bits per heavy atom. The van der Waals surface area contributed by atoms with Crippen molar-refractivity contribution in [2.24, 2.45) is 0 Å². The number of rotatable bonds is 8. The van der Waals surface area contributed by atoms with E-state index < -0.39 is 6.04 Å². The number of nitrogens with one attached hydrogen (secondary N) is 1. The van der Waals surface area contributed by atoms with E-state index in [0.717, 1.165) is 41.9 Å². The summed E-state index contributed by atoms with van der Waals surface area (Å²) in [5.41, 5.74) is 1.94. The topological polar surface area (TPSA) is 112 Å². The lowest BCUT2D eigenvalue weighted by Crippen LogP contribution is -2.49. The maximum Gasteiger partial charge on any atom is 0.253 e. The molecule has 1 aliphatic rings. The lowest BCUT2D eigenvalue weighted by atomic mass is 9.98. The van der Waals surface area contributed by atoms with E-state index in [9.17, 15) is 9.90 Å². The molecule has 0 aliphatic carbocycles. The Balaban J connectivity index is 1.56. The number of aromatic amines is 1. The minimum Gasteiger partial charge on any atom is -0.508 e. The number of tetrazole rings is 1. The summed E-state index contributed by atoms with van der Waals surface area (Å²) in [5, 5.41) is 23.5. The number of aromatic hydroxyl groups is 1. The molecule has 38 heavy (non-hydrogen) atoms. The van der Waals surface area contributed by atoms with E-state index in [-0.39, 0.29) is 16.8 Å². The number of phenolic OH excluding ortho intramolecular Hbond substituents is 1. The van der Waals surface area contributed by atoms with Gasteiger partial charge in [0.05, 0.1) is 12.1 Å². The number of hydrogen-bond donors (Lipinski definition) is 2. The van der Waals surface area contributed by atoms with Crippen LogP contribution in [0.3, 0.4) is 0 Å². The zero-order chi connectivity index (χ0) is 26.9. The molecule has 4 aromatic rings. The number of nitrogens with zero attached hydrogens (tertiary/aromatic N) is 6. The van der Waals surface area contributed by atoms with Gasteiger partial charge in [0.25, 0.3) is 5.56 Å². The highest BCUT2D eigenvalue weighted by Gasteiger charge is 2.35. The lowest BCUT2D eigenvalue weighted by molar-refractivity contribution is 0.186. The number of fused-ring (bicyclic) bond motifs is 1. The lowest BCUT2D eigenvalue weighted by Gasteiger charge is -2.40. The molecular weight excluding hydrogens is 482 g/mol. The zero-order valence-corrected chi connectivity index (χ0v) is 22.4. The van der Waals surface area contributed by atoms with E-state index in [1.54, 1.807) is 12.1 Å². The summed E-state index contributed by atoms with van der Waals surface area (Å²) in [6.07, 6.45) is 0.832. The van der Waals surface area contributed by atoms with Crippen LogP contribution >= 0.6 is 0 Å². The number of H-pyrrole nitrogens is 1. The molecule has 10 nitrogen and oxygen atoms in total. The van der Waals surface area contributed by atoms with Gasteiger partial charge in [0, 0.05) is 48.3 Å². The molecule has 2 aromatic carbocycles. The van der Waals surface area contributed by atoms with Gasteiger partial charge in [-0.15, -0.1) is 5.10 Å². The van der Waals surface area contributed by atoms with E-state index in [2.05, 4.69) is 51.1 Å². The van der Waals surface area contributed by atoms with Crippen LogP contribution in [0.25, 0.3) is 10.9 Å². The van der Waals surface area contributed by atoms with Gasteiger partial charge in [-0.1, -0.05) is 6.92 Å². The van der Waals surface area contributed by atoms with Crippen molar-refractivity contribution in [2.75, 3.05) is 37.7 Å². The fourth-order valence-electron chi connectivity index (χ4n) is 5.01. The van der Waals surface area contributed by atoms with E-state index in [4.69, 9.17) is 4.74 Å². The largest absolute Gasteiger partial charge is 0.508 e. The number of ether oxygens (including phenoxy) is 1.